The number of hydrogen-bond donors (Lipinski definition) is 0. The van der Waals surface area contributed by atoms with Gasteiger partial charge in [-0.1, -0.05) is 12.1 Å². The van der Waals surface area contributed by atoms with E-state index in [9.17, 15) is 12.8 Å². The van der Waals surface area contributed by atoms with Crippen molar-refractivity contribution < 1.29 is 12.8 Å². The van der Waals surface area contributed by atoms with Crippen molar-refractivity contribution in [2.45, 2.75) is 6.92 Å². The number of rotatable bonds is 4. The van der Waals surface area contributed by atoms with Crippen LogP contribution in [0.25, 0.3) is 0 Å². The number of anilines is 1. The Morgan fingerprint density at radius 2 is 2.00 bits per heavy atom. The van der Waals surface area contributed by atoms with E-state index in [1.165, 1.54) is 18.2 Å². The molecular weight excluding hydrogens is 241 g/mol. The highest BCUT2D eigenvalue weighted by Crippen LogP contribution is 2.21. The normalized spacial score (nSPS) is 11.4. The van der Waals surface area contributed by atoms with Gasteiger partial charge in [-0.25, -0.2) is 12.8 Å². The Morgan fingerprint density at radius 1 is 1.40 bits per heavy atom. The van der Waals surface area contributed by atoms with Crippen LogP contribution in [0.4, 0.5) is 10.1 Å². The summed E-state index contributed by atoms with van der Waals surface area (Å²) in [5, 5.41) is -0.560. The third-order valence-corrected chi connectivity index (χ3v) is 4.11. The lowest BCUT2D eigenvalue weighted by Crippen LogP contribution is -2.32. The second-order valence-electron chi connectivity index (χ2n) is 2.84. The minimum atomic E-state index is -3.63. The molecule has 3 nitrogen and oxygen atoms in total. The van der Waals surface area contributed by atoms with Crippen LogP contribution in [0.5, 0.6) is 0 Å². The van der Waals surface area contributed by atoms with E-state index >= 15 is 0 Å². The molecule has 0 atom stereocenters. The third kappa shape index (κ3) is 2.60. The van der Waals surface area contributed by atoms with Crippen LogP contribution in [0.1, 0.15) is 6.92 Å². The SMILES string of the molecule is CCN(c1ccccc1F)S(=O)(=O)CCl. The maximum absolute atomic E-state index is 13.3. The van der Waals surface area contributed by atoms with Gasteiger partial charge in [-0.05, 0) is 19.1 Å². The standard InChI is InChI=1S/C9H11ClFNO2S/c1-2-12(15(13,14)7-10)9-6-4-3-5-8(9)11/h3-6H,2,7H2,1H3. The van der Waals surface area contributed by atoms with Gasteiger partial charge >= 0.3 is 0 Å². The largest absolute Gasteiger partial charge is 0.267 e. The van der Waals surface area contributed by atoms with Gasteiger partial charge in [0.15, 0.2) is 0 Å². The molecule has 0 bridgehead atoms. The monoisotopic (exact) mass is 251 g/mol. The van der Waals surface area contributed by atoms with E-state index in [1.807, 2.05) is 0 Å². The second-order valence-corrected chi connectivity index (χ2v) is 5.31. The smallest absolute Gasteiger partial charge is 0.249 e. The molecule has 0 heterocycles. The molecule has 84 valence electrons. The van der Waals surface area contributed by atoms with Gasteiger partial charge in [0.05, 0.1) is 5.69 Å². The third-order valence-electron chi connectivity index (χ3n) is 1.88. The molecule has 0 aliphatic heterocycles. The number of sulfonamides is 1. The summed E-state index contributed by atoms with van der Waals surface area (Å²) in [6.45, 7) is 1.77. The molecule has 0 spiro atoms. The van der Waals surface area contributed by atoms with Crippen LogP contribution in [0.3, 0.4) is 0 Å². The van der Waals surface area contributed by atoms with Gasteiger partial charge in [-0.2, -0.15) is 0 Å². The lowest BCUT2D eigenvalue weighted by atomic mass is 10.3. The zero-order valence-electron chi connectivity index (χ0n) is 8.15. The minimum absolute atomic E-state index is 0.0284. The quantitative estimate of drug-likeness (QED) is 0.770. The number of hydrogen-bond acceptors (Lipinski definition) is 2. The van der Waals surface area contributed by atoms with E-state index in [-0.39, 0.29) is 12.2 Å². The van der Waals surface area contributed by atoms with Crippen LogP contribution in [-0.2, 0) is 10.0 Å². The topological polar surface area (TPSA) is 37.4 Å². The van der Waals surface area contributed by atoms with Crippen molar-refractivity contribution in [2.75, 3.05) is 16.1 Å². The van der Waals surface area contributed by atoms with Crippen molar-refractivity contribution in [1.29, 1.82) is 0 Å². The van der Waals surface area contributed by atoms with Crippen molar-refractivity contribution in [3.8, 4) is 0 Å². The second kappa shape index (κ2) is 4.81. The molecule has 0 saturated heterocycles. The summed E-state index contributed by atoms with van der Waals surface area (Å²) in [4.78, 5) is 0. The molecule has 0 unspecified atom stereocenters. The van der Waals surface area contributed by atoms with E-state index in [1.54, 1.807) is 13.0 Å². The predicted molar refractivity (Wildman–Crippen MR) is 59.1 cm³/mol. The van der Waals surface area contributed by atoms with E-state index in [4.69, 9.17) is 11.6 Å². The maximum Gasteiger partial charge on any atom is 0.249 e. The predicted octanol–water partition coefficient (Wildman–Crippen LogP) is 2.18. The first-order valence-corrected chi connectivity index (χ1v) is 6.48. The average molecular weight is 252 g/mol. The summed E-state index contributed by atoms with van der Waals surface area (Å²) in [6, 6.07) is 5.69. The van der Waals surface area contributed by atoms with Crippen LogP contribution in [0.2, 0.25) is 0 Å². The molecule has 1 aromatic rings. The molecule has 0 N–H and O–H groups in total. The van der Waals surface area contributed by atoms with Gasteiger partial charge in [-0.3, -0.25) is 4.31 Å². The first-order valence-electron chi connectivity index (χ1n) is 4.34. The molecule has 1 rings (SSSR count). The summed E-state index contributed by atoms with van der Waals surface area (Å²) in [5.74, 6) is -0.576. The number of nitrogens with zero attached hydrogens (tertiary/aromatic N) is 1. The van der Waals surface area contributed by atoms with Crippen molar-refractivity contribution >= 4 is 27.3 Å². The Bertz CT molecular complexity index is 435. The summed E-state index contributed by atoms with van der Waals surface area (Å²) in [7, 11) is -3.63. The molecule has 15 heavy (non-hydrogen) atoms. The number of alkyl halides is 1. The zero-order valence-corrected chi connectivity index (χ0v) is 9.72. The fraction of sp³-hybridized carbons (Fsp3) is 0.333. The summed E-state index contributed by atoms with van der Waals surface area (Å²) >= 11 is 5.32. The fourth-order valence-corrected chi connectivity index (χ4v) is 2.54. The van der Waals surface area contributed by atoms with Crippen LogP contribution in [0.15, 0.2) is 24.3 Å². The van der Waals surface area contributed by atoms with Gasteiger partial charge in [0.1, 0.15) is 11.0 Å². The van der Waals surface area contributed by atoms with E-state index in [0.29, 0.717) is 0 Å². The van der Waals surface area contributed by atoms with Crippen molar-refractivity contribution in [2.24, 2.45) is 0 Å². The molecule has 0 fully saturated rings. The Hall–Kier alpha value is -0.810. The van der Waals surface area contributed by atoms with Crippen LogP contribution in [-0.4, -0.2) is 20.2 Å². The number of benzene rings is 1. The summed E-state index contributed by atoms with van der Waals surface area (Å²) in [6.07, 6.45) is 0. The Morgan fingerprint density at radius 3 is 2.47 bits per heavy atom. The summed E-state index contributed by atoms with van der Waals surface area (Å²) in [5.41, 5.74) is 0.0284. The van der Waals surface area contributed by atoms with Crippen molar-refractivity contribution in [1.82, 2.24) is 0 Å². The number of halogens is 2. The van der Waals surface area contributed by atoms with Gasteiger partial charge in [-0.15, -0.1) is 11.6 Å². The molecule has 0 aliphatic rings. The van der Waals surface area contributed by atoms with E-state index in [2.05, 4.69) is 0 Å². The van der Waals surface area contributed by atoms with Gasteiger partial charge in [0.25, 0.3) is 0 Å². The highest BCUT2D eigenvalue weighted by molar-refractivity contribution is 7.93. The fourth-order valence-electron chi connectivity index (χ4n) is 1.23. The van der Waals surface area contributed by atoms with E-state index < -0.39 is 21.1 Å². The van der Waals surface area contributed by atoms with Crippen molar-refractivity contribution in [3.63, 3.8) is 0 Å². The molecule has 0 aromatic heterocycles. The average Bonchev–Trinajstić information content (AvgIpc) is 2.21. The highest BCUT2D eigenvalue weighted by Gasteiger charge is 2.21. The Kier molecular flexibility index (Phi) is 3.93. The van der Waals surface area contributed by atoms with Gasteiger partial charge in [0, 0.05) is 6.54 Å². The highest BCUT2D eigenvalue weighted by atomic mass is 35.5. The first kappa shape index (κ1) is 12.3. The summed E-state index contributed by atoms with van der Waals surface area (Å²) < 4.78 is 37.3. The van der Waals surface area contributed by atoms with Crippen LogP contribution < -0.4 is 4.31 Å². The van der Waals surface area contributed by atoms with Crippen LogP contribution in [0, 0.1) is 5.82 Å². The number of para-hydroxylation sites is 1. The molecule has 0 aliphatic carbocycles. The zero-order chi connectivity index (χ0) is 11.5. The minimum Gasteiger partial charge on any atom is -0.267 e. The molecule has 6 heteroatoms. The lowest BCUT2D eigenvalue weighted by molar-refractivity contribution is 0.590. The molecule has 0 amide bonds. The molecular formula is C9H11ClFNO2S. The van der Waals surface area contributed by atoms with Gasteiger partial charge < -0.3 is 0 Å². The molecule has 0 radical (unpaired) electrons. The maximum atomic E-state index is 13.3. The Balaban J connectivity index is 3.20. The Labute approximate surface area is 93.5 Å². The van der Waals surface area contributed by atoms with E-state index in [0.717, 1.165) is 4.31 Å². The lowest BCUT2D eigenvalue weighted by Gasteiger charge is -2.21. The van der Waals surface area contributed by atoms with Gasteiger partial charge in [0.2, 0.25) is 10.0 Å². The first-order chi connectivity index (χ1) is 7.03. The van der Waals surface area contributed by atoms with Crippen LogP contribution >= 0.6 is 11.6 Å². The van der Waals surface area contributed by atoms with Crippen molar-refractivity contribution in [3.05, 3.63) is 30.1 Å². The molecule has 1 aromatic carbocycles. The molecule has 0 saturated carbocycles.